The van der Waals surface area contributed by atoms with Gasteiger partial charge in [0.15, 0.2) is 0 Å². The van der Waals surface area contributed by atoms with Crippen LogP contribution in [-0.2, 0) is 14.8 Å². The number of carbonyl (C=O) groups is 1. The number of ether oxygens (including phenoxy) is 1. The standard InChI is InChI=1S/C18H26N2O4S/c1-2-24-18(21)15-7-9-17(10-8-15)25(22,23)20-13-5-6-16(20)14-19-11-3-4-12-19/h7-10,16H,2-6,11-14H2,1H3. The van der Waals surface area contributed by atoms with Crippen LogP contribution in [0.1, 0.15) is 43.0 Å². The zero-order valence-corrected chi connectivity index (χ0v) is 15.5. The Morgan fingerprint density at radius 1 is 1.12 bits per heavy atom. The summed E-state index contributed by atoms with van der Waals surface area (Å²) in [7, 11) is -3.53. The zero-order chi connectivity index (χ0) is 17.9. The number of sulfonamides is 1. The molecule has 0 N–H and O–H groups in total. The van der Waals surface area contributed by atoms with Crippen molar-refractivity contribution in [3.05, 3.63) is 29.8 Å². The molecule has 0 spiro atoms. The minimum absolute atomic E-state index is 0.0489. The molecule has 2 fully saturated rings. The molecule has 3 rings (SSSR count). The number of likely N-dealkylation sites (tertiary alicyclic amines) is 1. The van der Waals surface area contributed by atoms with Gasteiger partial charge in [-0.15, -0.1) is 0 Å². The van der Waals surface area contributed by atoms with Gasteiger partial charge in [-0.2, -0.15) is 4.31 Å². The van der Waals surface area contributed by atoms with Gasteiger partial charge in [0.1, 0.15) is 0 Å². The zero-order valence-electron chi connectivity index (χ0n) is 14.7. The van der Waals surface area contributed by atoms with Crippen LogP contribution in [0.2, 0.25) is 0 Å². The first kappa shape index (κ1) is 18.4. The summed E-state index contributed by atoms with van der Waals surface area (Å²) in [4.78, 5) is 14.3. The third-order valence-corrected chi connectivity index (χ3v) is 6.93. The quantitative estimate of drug-likeness (QED) is 0.722. The van der Waals surface area contributed by atoms with Crippen LogP contribution in [0.5, 0.6) is 0 Å². The van der Waals surface area contributed by atoms with Crippen molar-refractivity contribution in [3.63, 3.8) is 0 Å². The molecule has 25 heavy (non-hydrogen) atoms. The summed E-state index contributed by atoms with van der Waals surface area (Å²) in [6.45, 7) is 5.56. The third kappa shape index (κ3) is 4.04. The molecule has 0 saturated carbocycles. The van der Waals surface area contributed by atoms with Gasteiger partial charge in [-0.05, 0) is 70.0 Å². The number of carbonyl (C=O) groups excluding carboxylic acids is 1. The predicted molar refractivity (Wildman–Crippen MR) is 95.0 cm³/mol. The van der Waals surface area contributed by atoms with Gasteiger partial charge in [0.2, 0.25) is 10.0 Å². The Morgan fingerprint density at radius 2 is 1.80 bits per heavy atom. The first-order chi connectivity index (χ1) is 12.0. The molecule has 1 aromatic rings. The van der Waals surface area contributed by atoms with Crippen LogP contribution >= 0.6 is 0 Å². The number of esters is 1. The number of nitrogens with zero attached hydrogens (tertiary/aromatic N) is 2. The van der Waals surface area contributed by atoms with E-state index >= 15 is 0 Å². The third-order valence-electron chi connectivity index (χ3n) is 4.96. The molecule has 1 atom stereocenters. The van der Waals surface area contributed by atoms with E-state index in [1.165, 1.54) is 37.1 Å². The summed E-state index contributed by atoms with van der Waals surface area (Å²) >= 11 is 0. The second-order valence-corrected chi connectivity index (χ2v) is 8.55. The number of hydrogen-bond donors (Lipinski definition) is 0. The van der Waals surface area contributed by atoms with Crippen molar-refractivity contribution >= 4 is 16.0 Å². The fourth-order valence-corrected chi connectivity index (χ4v) is 5.37. The molecule has 2 aliphatic heterocycles. The van der Waals surface area contributed by atoms with E-state index in [4.69, 9.17) is 4.74 Å². The number of rotatable bonds is 6. The molecule has 2 aliphatic rings. The Hall–Kier alpha value is -1.44. The van der Waals surface area contributed by atoms with E-state index in [-0.39, 0.29) is 10.9 Å². The molecule has 0 bridgehead atoms. The van der Waals surface area contributed by atoms with Gasteiger partial charge in [-0.1, -0.05) is 0 Å². The molecular formula is C18H26N2O4S. The van der Waals surface area contributed by atoms with Crippen LogP contribution in [-0.4, -0.2) is 62.4 Å². The largest absolute Gasteiger partial charge is 0.462 e. The van der Waals surface area contributed by atoms with Gasteiger partial charge >= 0.3 is 5.97 Å². The van der Waals surface area contributed by atoms with E-state index < -0.39 is 16.0 Å². The van der Waals surface area contributed by atoms with Crippen molar-refractivity contribution in [2.45, 2.75) is 43.5 Å². The fourth-order valence-electron chi connectivity index (χ4n) is 3.68. The van der Waals surface area contributed by atoms with Gasteiger partial charge in [-0.25, -0.2) is 13.2 Å². The molecule has 2 heterocycles. The Kier molecular flexibility index (Phi) is 5.76. The van der Waals surface area contributed by atoms with E-state index in [0.717, 1.165) is 32.5 Å². The lowest BCUT2D eigenvalue weighted by Gasteiger charge is -2.27. The lowest BCUT2D eigenvalue weighted by Crippen LogP contribution is -2.42. The molecule has 7 heteroatoms. The van der Waals surface area contributed by atoms with Crippen LogP contribution in [0.25, 0.3) is 0 Å². The summed E-state index contributed by atoms with van der Waals surface area (Å²) in [6, 6.07) is 6.11. The average Bonchev–Trinajstić information content (AvgIpc) is 3.28. The van der Waals surface area contributed by atoms with Gasteiger partial charge in [-0.3, -0.25) is 0 Å². The average molecular weight is 366 g/mol. The molecule has 0 radical (unpaired) electrons. The monoisotopic (exact) mass is 366 g/mol. The maximum Gasteiger partial charge on any atom is 0.338 e. The highest BCUT2D eigenvalue weighted by Gasteiger charge is 2.36. The van der Waals surface area contributed by atoms with Crippen molar-refractivity contribution < 1.29 is 17.9 Å². The summed E-state index contributed by atoms with van der Waals surface area (Å²) < 4.78 is 32.6. The molecule has 0 amide bonds. The first-order valence-electron chi connectivity index (χ1n) is 9.04. The summed E-state index contributed by atoms with van der Waals surface area (Å²) in [5.74, 6) is -0.431. The molecule has 2 saturated heterocycles. The highest BCUT2D eigenvalue weighted by molar-refractivity contribution is 7.89. The Balaban J connectivity index is 1.74. The second kappa shape index (κ2) is 7.85. The Bertz CT molecular complexity index is 696. The fraction of sp³-hybridized carbons (Fsp3) is 0.611. The van der Waals surface area contributed by atoms with Crippen molar-refractivity contribution in [1.82, 2.24) is 9.21 Å². The minimum atomic E-state index is -3.53. The van der Waals surface area contributed by atoms with Crippen molar-refractivity contribution in [1.29, 1.82) is 0 Å². The van der Waals surface area contributed by atoms with Crippen molar-refractivity contribution in [2.24, 2.45) is 0 Å². The van der Waals surface area contributed by atoms with Crippen LogP contribution in [0.3, 0.4) is 0 Å². The topological polar surface area (TPSA) is 66.9 Å². The molecule has 1 aromatic carbocycles. The summed E-state index contributed by atoms with van der Waals surface area (Å²) in [5.41, 5.74) is 0.371. The van der Waals surface area contributed by atoms with Crippen LogP contribution in [0, 0.1) is 0 Å². The predicted octanol–water partition coefficient (Wildman–Crippen LogP) is 2.11. The molecule has 6 nitrogen and oxygen atoms in total. The van der Waals surface area contributed by atoms with E-state index in [1.54, 1.807) is 11.2 Å². The molecule has 138 valence electrons. The first-order valence-corrected chi connectivity index (χ1v) is 10.5. The normalized spacial score (nSPS) is 22.4. The van der Waals surface area contributed by atoms with E-state index in [2.05, 4.69) is 4.90 Å². The smallest absolute Gasteiger partial charge is 0.338 e. The molecule has 0 aromatic heterocycles. The van der Waals surface area contributed by atoms with Crippen molar-refractivity contribution in [3.8, 4) is 0 Å². The van der Waals surface area contributed by atoms with Crippen molar-refractivity contribution in [2.75, 3.05) is 32.8 Å². The second-order valence-electron chi connectivity index (χ2n) is 6.66. The van der Waals surface area contributed by atoms with Gasteiger partial charge in [0.05, 0.1) is 17.1 Å². The van der Waals surface area contributed by atoms with E-state index in [0.29, 0.717) is 18.7 Å². The van der Waals surface area contributed by atoms with Gasteiger partial charge < -0.3 is 9.64 Å². The van der Waals surface area contributed by atoms with Crippen LogP contribution in [0.4, 0.5) is 0 Å². The van der Waals surface area contributed by atoms with E-state index in [9.17, 15) is 13.2 Å². The minimum Gasteiger partial charge on any atom is -0.462 e. The Morgan fingerprint density at radius 3 is 2.44 bits per heavy atom. The lowest BCUT2D eigenvalue weighted by atomic mass is 10.2. The van der Waals surface area contributed by atoms with Gasteiger partial charge in [0, 0.05) is 19.1 Å². The maximum atomic E-state index is 13.0. The number of hydrogen-bond acceptors (Lipinski definition) is 5. The molecule has 0 aliphatic carbocycles. The number of benzene rings is 1. The molecule has 1 unspecified atom stereocenters. The van der Waals surface area contributed by atoms with E-state index in [1.807, 2.05) is 0 Å². The highest BCUT2D eigenvalue weighted by atomic mass is 32.2. The van der Waals surface area contributed by atoms with Gasteiger partial charge in [0.25, 0.3) is 0 Å². The van der Waals surface area contributed by atoms with Crippen LogP contribution < -0.4 is 0 Å². The Labute approximate surface area is 149 Å². The molecular weight excluding hydrogens is 340 g/mol. The highest BCUT2D eigenvalue weighted by Crippen LogP contribution is 2.27. The SMILES string of the molecule is CCOC(=O)c1ccc(S(=O)(=O)N2CCCC2CN2CCCC2)cc1. The summed E-state index contributed by atoms with van der Waals surface area (Å²) in [5, 5.41) is 0. The maximum absolute atomic E-state index is 13.0. The van der Waals surface area contributed by atoms with Crippen LogP contribution in [0.15, 0.2) is 29.2 Å². The summed E-state index contributed by atoms with van der Waals surface area (Å²) in [6.07, 6.45) is 4.22. The lowest BCUT2D eigenvalue weighted by molar-refractivity contribution is 0.0526.